The number of primary amides is 1. The van der Waals surface area contributed by atoms with Crippen molar-refractivity contribution in [1.82, 2.24) is 4.98 Å². The summed E-state index contributed by atoms with van der Waals surface area (Å²) < 4.78 is 0.262. The Labute approximate surface area is 80.8 Å². The van der Waals surface area contributed by atoms with Crippen molar-refractivity contribution in [2.75, 3.05) is 0 Å². The first-order chi connectivity index (χ1) is 5.52. The van der Waals surface area contributed by atoms with Gasteiger partial charge in [-0.2, -0.15) is 0 Å². The number of halogens is 2. The second-order valence-electron chi connectivity index (χ2n) is 2.03. The second-order valence-corrected chi connectivity index (χ2v) is 3.30. The molecule has 1 rings (SSSR count). The Balaban J connectivity index is 3.43. The van der Waals surface area contributed by atoms with Crippen molar-refractivity contribution in [2.45, 2.75) is 0 Å². The number of H-pyrrole nitrogens is 1. The third-order valence-electron chi connectivity index (χ3n) is 1.19. The highest BCUT2D eigenvalue weighted by Gasteiger charge is 2.09. The molecule has 0 unspecified atom stereocenters. The Morgan fingerprint density at radius 1 is 1.67 bits per heavy atom. The molecule has 0 saturated carbocycles. The van der Waals surface area contributed by atoms with Gasteiger partial charge in [0.2, 0.25) is 0 Å². The fraction of sp³-hybridized carbons (Fsp3) is 0. The summed E-state index contributed by atoms with van der Waals surface area (Å²) in [6.45, 7) is 0. The lowest BCUT2D eigenvalue weighted by molar-refractivity contribution is 0.0995. The number of hydrogen-bond acceptors (Lipinski definition) is 2. The SMILES string of the molecule is NC(=O)c1[nH]c(=O)c(Br)cc1Cl. The fourth-order valence-electron chi connectivity index (χ4n) is 0.661. The topological polar surface area (TPSA) is 76.0 Å². The van der Waals surface area contributed by atoms with Gasteiger partial charge < -0.3 is 10.7 Å². The minimum Gasteiger partial charge on any atom is -0.364 e. The molecule has 0 aliphatic heterocycles. The third-order valence-corrected chi connectivity index (χ3v) is 2.08. The monoisotopic (exact) mass is 250 g/mol. The van der Waals surface area contributed by atoms with Crippen molar-refractivity contribution in [1.29, 1.82) is 0 Å². The normalized spacial score (nSPS) is 9.83. The van der Waals surface area contributed by atoms with Gasteiger partial charge in [0.05, 0.1) is 9.50 Å². The molecule has 0 bridgehead atoms. The summed E-state index contributed by atoms with van der Waals surface area (Å²) in [5.41, 5.74) is 4.41. The molecule has 6 heteroatoms. The number of nitrogens with one attached hydrogen (secondary N) is 1. The number of amides is 1. The molecule has 64 valence electrons. The molecule has 0 radical (unpaired) electrons. The molecular weight excluding hydrogens is 247 g/mol. The van der Waals surface area contributed by atoms with E-state index in [1.807, 2.05) is 0 Å². The second kappa shape index (κ2) is 3.28. The summed E-state index contributed by atoms with van der Waals surface area (Å²) in [6, 6.07) is 1.32. The zero-order valence-electron chi connectivity index (χ0n) is 5.73. The predicted octanol–water partition coefficient (Wildman–Crippen LogP) is 0.890. The van der Waals surface area contributed by atoms with Crippen LogP contribution in [0.1, 0.15) is 10.5 Å². The molecule has 0 spiro atoms. The molecular formula is C6H4BrClN2O2. The number of carbonyl (C=O) groups excluding carboxylic acids is 1. The lowest BCUT2D eigenvalue weighted by Gasteiger charge is -1.98. The molecule has 0 aliphatic carbocycles. The van der Waals surface area contributed by atoms with Crippen molar-refractivity contribution in [2.24, 2.45) is 5.73 Å². The molecule has 1 aromatic heterocycles. The van der Waals surface area contributed by atoms with Crippen LogP contribution in [0.2, 0.25) is 5.02 Å². The smallest absolute Gasteiger partial charge is 0.266 e. The standard InChI is InChI=1S/C6H4BrClN2O2/c7-2-1-3(8)4(5(9)11)10-6(2)12/h1H,(H2,9,11)(H,10,12). The maximum absolute atomic E-state index is 10.9. The highest BCUT2D eigenvalue weighted by molar-refractivity contribution is 9.10. The van der Waals surface area contributed by atoms with Gasteiger partial charge in [-0.1, -0.05) is 11.6 Å². The number of pyridine rings is 1. The Kier molecular flexibility index (Phi) is 2.54. The van der Waals surface area contributed by atoms with Crippen LogP contribution in [0.5, 0.6) is 0 Å². The van der Waals surface area contributed by atoms with Crippen LogP contribution in [0.25, 0.3) is 0 Å². The molecule has 1 heterocycles. The molecule has 0 fully saturated rings. The lowest BCUT2D eigenvalue weighted by Crippen LogP contribution is -2.19. The maximum atomic E-state index is 10.9. The Morgan fingerprint density at radius 2 is 2.25 bits per heavy atom. The van der Waals surface area contributed by atoms with E-state index in [2.05, 4.69) is 20.9 Å². The van der Waals surface area contributed by atoms with Gasteiger partial charge in [0, 0.05) is 0 Å². The lowest BCUT2D eigenvalue weighted by atomic mass is 10.3. The van der Waals surface area contributed by atoms with E-state index < -0.39 is 11.5 Å². The highest BCUT2D eigenvalue weighted by atomic mass is 79.9. The Bertz CT molecular complexity index is 388. The largest absolute Gasteiger partial charge is 0.364 e. The van der Waals surface area contributed by atoms with Crippen LogP contribution < -0.4 is 11.3 Å². The number of aromatic amines is 1. The summed E-state index contributed by atoms with van der Waals surface area (Å²) in [5, 5.41) is 0.119. The van der Waals surface area contributed by atoms with E-state index in [4.69, 9.17) is 17.3 Å². The van der Waals surface area contributed by atoms with E-state index >= 15 is 0 Å². The summed E-state index contributed by atoms with van der Waals surface area (Å²) in [5.74, 6) is -0.760. The molecule has 1 aromatic rings. The average Bonchev–Trinajstić information content (AvgIpc) is 1.96. The molecule has 0 aromatic carbocycles. The van der Waals surface area contributed by atoms with E-state index in [0.717, 1.165) is 0 Å². The first-order valence-electron chi connectivity index (χ1n) is 2.90. The Morgan fingerprint density at radius 3 is 2.75 bits per heavy atom. The van der Waals surface area contributed by atoms with Crippen LogP contribution >= 0.6 is 27.5 Å². The molecule has 1 amide bonds. The average molecular weight is 251 g/mol. The van der Waals surface area contributed by atoms with Gasteiger partial charge in [-0.15, -0.1) is 0 Å². The van der Waals surface area contributed by atoms with Gasteiger partial charge in [0.15, 0.2) is 0 Å². The first kappa shape index (κ1) is 9.28. The molecule has 4 nitrogen and oxygen atoms in total. The quantitative estimate of drug-likeness (QED) is 0.778. The van der Waals surface area contributed by atoms with Crippen LogP contribution in [0.15, 0.2) is 15.3 Å². The van der Waals surface area contributed by atoms with Gasteiger partial charge in [-0.25, -0.2) is 0 Å². The molecule has 12 heavy (non-hydrogen) atoms. The van der Waals surface area contributed by atoms with Crippen molar-refractivity contribution in [3.8, 4) is 0 Å². The van der Waals surface area contributed by atoms with Crippen LogP contribution in [-0.2, 0) is 0 Å². The van der Waals surface area contributed by atoms with Gasteiger partial charge in [0.25, 0.3) is 11.5 Å². The minimum absolute atomic E-state index is 0.0788. The number of hydrogen-bond donors (Lipinski definition) is 2. The summed E-state index contributed by atoms with van der Waals surface area (Å²) in [7, 11) is 0. The van der Waals surface area contributed by atoms with Gasteiger partial charge in [-0.3, -0.25) is 9.59 Å². The fourth-order valence-corrected chi connectivity index (χ4v) is 1.37. The summed E-state index contributed by atoms with van der Waals surface area (Å²) >= 11 is 8.54. The van der Waals surface area contributed by atoms with Crippen molar-refractivity contribution in [3.63, 3.8) is 0 Å². The van der Waals surface area contributed by atoms with Gasteiger partial charge in [-0.05, 0) is 22.0 Å². The van der Waals surface area contributed by atoms with E-state index in [9.17, 15) is 9.59 Å². The van der Waals surface area contributed by atoms with Gasteiger partial charge in [0.1, 0.15) is 5.69 Å². The molecule has 3 N–H and O–H groups in total. The van der Waals surface area contributed by atoms with Crippen LogP contribution in [-0.4, -0.2) is 10.9 Å². The van der Waals surface area contributed by atoms with Gasteiger partial charge >= 0.3 is 0 Å². The number of aromatic nitrogens is 1. The van der Waals surface area contributed by atoms with E-state index in [0.29, 0.717) is 0 Å². The predicted molar refractivity (Wildman–Crippen MR) is 48.3 cm³/mol. The van der Waals surface area contributed by atoms with Crippen molar-refractivity contribution in [3.05, 3.63) is 31.6 Å². The minimum atomic E-state index is -0.760. The van der Waals surface area contributed by atoms with E-state index in [1.54, 1.807) is 0 Å². The van der Waals surface area contributed by atoms with Crippen molar-refractivity contribution < 1.29 is 4.79 Å². The van der Waals surface area contributed by atoms with Crippen molar-refractivity contribution >= 4 is 33.4 Å². The summed E-state index contributed by atoms with van der Waals surface area (Å²) in [6.07, 6.45) is 0. The van der Waals surface area contributed by atoms with Crippen LogP contribution in [0, 0.1) is 0 Å². The highest BCUT2D eigenvalue weighted by Crippen LogP contribution is 2.14. The molecule has 0 atom stereocenters. The van der Waals surface area contributed by atoms with E-state index in [-0.39, 0.29) is 15.2 Å². The zero-order valence-corrected chi connectivity index (χ0v) is 8.07. The third kappa shape index (κ3) is 1.67. The maximum Gasteiger partial charge on any atom is 0.266 e. The number of nitrogens with two attached hydrogens (primary N) is 1. The summed E-state index contributed by atoms with van der Waals surface area (Å²) in [4.78, 5) is 23.8. The number of rotatable bonds is 1. The Hall–Kier alpha value is -0.810. The van der Waals surface area contributed by atoms with Crippen LogP contribution in [0.4, 0.5) is 0 Å². The first-order valence-corrected chi connectivity index (χ1v) is 4.07. The zero-order chi connectivity index (χ0) is 9.30. The molecule has 0 aliphatic rings. The van der Waals surface area contributed by atoms with Crippen LogP contribution in [0.3, 0.4) is 0 Å². The number of carbonyl (C=O) groups is 1. The van der Waals surface area contributed by atoms with E-state index in [1.165, 1.54) is 6.07 Å². The molecule has 0 saturated heterocycles.